The Balaban J connectivity index is 3.23. The van der Waals surface area contributed by atoms with Gasteiger partial charge >= 0.3 is 0 Å². The maximum absolute atomic E-state index is 11.9. The van der Waals surface area contributed by atoms with Crippen molar-refractivity contribution in [1.29, 1.82) is 0 Å². The minimum absolute atomic E-state index is 0.0298. The summed E-state index contributed by atoms with van der Waals surface area (Å²) in [5.41, 5.74) is 1.55. The van der Waals surface area contributed by atoms with Crippen LogP contribution in [0.5, 0.6) is 11.5 Å². The van der Waals surface area contributed by atoms with Crippen molar-refractivity contribution in [2.45, 2.75) is 19.8 Å². The SMILES string of the molecule is CCc1cc(OC)c(C(=O)CCCl)cc1OC. The van der Waals surface area contributed by atoms with Crippen LogP contribution in [0.2, 0.25) is 0 Å². The number of alkyl halides is 1. The van der Waals surface area contributed by atoms with E-state index >= 15 is 0 Å². The van der Waals surface area contributed by atoms with Crippen LogP contribution >= 0.6 is 11.6 Å². The van der Waals surface area contributed by atoms with E-state index in [0.29, 0.717) is 29.4 Å². The van der Waals surface area contributed by atoms with E-state index in [9.17, 15) is 4.79 Å². The van der Waals surface area contributed by atoms with Gasteiger partial charge in [0.15, 0.2) is 5.78 Å². The van der Waals surface area contributed by atoms with Gasteiger partial charge in [-0.1, -0.05) is 6.92 Å². The quantitative estimate of drug-likeness (QED) is 0.580. The number of ketones is 1. The van der Waals surface area contributed by atoms with Crippen molar-refractivity contribution in [3.63, 3.8) is 0 Å². The third-order valence-corrected chi connectivity index (χ3v) is 2.79. The van der Waals surface area contributed by atoms with Gasteiger partial charge in [-0.25, -0.2) is 0 Å². The van der Waals surface area contributed by atoms with Crippen molar-refractivity contribution >= 4 is 17.4 Å². The minimum atomic E-state index is -0.0298. The van der Waals surface area contributed by atoms with Gasteiger partial charge in [-0.05, 0) is 24.1 Å². The van der Waals surface area contributed by atoms with E-state index in [0.717, 1.165) is 12.0 Å². The van der Waals surface area contributed by atoms with Crippen LogP contribution < -0.4 is 9.47 Å². The Labute approximate surface area is 107 Å². The Morgan fingerprint density at radius 3 is 2.35 bits per heavy atom. The van der Waals surface area contributed by atoms with Crippen molar-refractivity contribution in [2.24, 2.45) is 0 Å². The molecule has 0 saturated heterocycles. The molecule has 0 N–H and O–H groups in total. The summed E-state index contributed by atoms with van der Waals surface area (Å²) in [6.07, 6.45) is 1.12. The molecular formula is C13H17ClO3. The van der Waals surface area contributed by atoms with E-state index in [1.807, 2.05) is 13.0 Å². The molecule has 0 bridgehead atoms. The van der Waals surface area contributed by atoms with Gasteiger partial charge < -0.3 is 9.47 Å². The average molecular weight is 257 g/mol. The summed E-state index contributed by atoms with van der Waals surface area (Å²) in [4.78, 5) is 11.9. The standard InChI is InChI=1S/C13H17ClO3/c1-4-9-7-13(17-3)10(8-12(9)16-2)11(15)5-6-14/h7-8H,4-6H2,1-3H3. The fourth-order valence-electron chi connectivity index (χ4n) is 1.68. The molecule has 4 heteroatoms. The largest absolute Gasteiger partial charge is 0.496 e. The molecule has 0 unspecified atom stereocenters. The van der Waals surface area contributed by atoms with Gasteiger partial charge in [-0.15, -0.1) is 11.6 Å². The summed E-state index contributed by atoms with van der Waals surface area (Å²) < 4.78 is 10.5. The highest BCUT2D eigenvalue weighted by Gasteiger charge is 2.15. The Kier molecular flexibility index (Phi) is 5.29. The van der Waals surface area contributed by atoms with E-state index in [1.54, 1.807) is 20.3 Å². The Hall–Kier alpha value is -1.22. The van der Waals surface area contributed by atoms with Gasteiger partial charge in [0.25, 0.3) is 0 Å². The molecule has 0 fully saturated rings. The Morgan fingerprint density at radius 1 is 1.24 bits per heavy atom. The number of Topliss-reactive ketones (excluding diaryl/α,β-unsaturated/α-hetero) is 1. The third kappa shape index (κ3) is 3.13. The molecule has 3 nitrogen and oxygen atoms in total. The van der Waals surface area contributed by atoms with Gasteiger partial charge in [-0.3, -0.25) is 4.79 Å². The number of carbonyl (C=O) groups is 1. The number of hydrogen-bond acceptors (Lipinski definition) is 3. The highest BCUT2D eigenvalue weighted by Crippen LogP contribution is 2.30. The molecule has 0 aliphatic heterocycles. The zero-order valence-corrected chi connectivity index (χ0v) is 11.1. The first-order valence-electron chi connectivity index (χ1n) is 5.52. The Bertz CT molecular complexity index is 402. The first-order valence-corrected chi connectivity index (χ1v) is 6.05. The van der Waals surface area contributed by atoms with Crippen LogP contribution in [0.3, 0.4) is 0 Å². The summed E-state index contributed by atoms with van der Waals surface area (Å²) in [6.45, 7) is 2.03. The number of carbonyl (C=O) groups excluding carboxylic acids is 1. The number of rotatable bonds is 6. The second-order valence-electron chi connectivity index (χ2n) is 3.58. The van der Waals surface area contributed by atoms with E-state index in [1.165, 1.54) is 0 Å². The summed E-state index contributed by atoms with van der Waals surface area (Å²) in [7, 11) is 3.15. The van der Waals surface area contributed by atoms with E-state index in [2.05, 4.69) is 0 Å². The van der Waals surface area contributed by atoms with Gasteiger partial charge in [0, 0.05) is 12.3 Å². The number of ether oxygens (including phenoxy) is 2. The van der Waals surface area contributed by atoms with Crippen molar-refractivity contribution < 1.29 is 14.3 Å². The van der Waals surface area contributed by atoms with Gasteiger partial charge in [0.2, 0.25) is 0 Å². The molecular weight excluding hydrogens is 240 g/mol. The van der Waals surface area contributed by atoms with Crippen LogP contribution in [-0.4, -0.2) is 25.9 Å². The highest BCUT2D eigenvalue weighted by molar-refractivity contribution is 6.19. The lowest BCUT2D eigenvalue weighted by Gasteiger charge is -2.13. The topological polar surface area (TPSA) is 35.5 Å². The van der Waals surface area contributed by atoms with E-state index in [4.69, 9.17) is 21.1 Å². The molecule has 0 atom stereocenters. The van der Waals surface area contributed by atoms with Crippen LogP contribution in [0, 0.1) is 0 Å². The molecule has 1 rings (SSSR count). The molecule has 0 spiro atoms. The summed E-state index contributed by atoms with van der Waals surface area (Å²) in [5, 5.41) is 0. The molecule has 0 aromatic heterocycles. The number of aryl methyl sites for hydroxylation is 1. The molecule has 0 aliphatic carbocycles. The molecule has 0 aliphatic rings. The van der Waals surface area contributed by atoms with Gasteiger partial charge in [0.05, 0.1) is 19.8 Å². The zero-order valence-electron chi connectivity index (χ0n) is 10.4. The fourth-order valence-corrected chi connectivity index (χ4v) is 1.85. The Morgan fingerprint density at radius 2 is 1.88 bits per heavy atom. The molecule has 0 saturated carbocycles. The molecule has 1 aromatic carbocycles. The summed E-state index contributed by atoms with van der Waals surface area (Å²) >= 11 is 5.58. The third-order valence-electron chi connectivity index (χ3n) is 2.61. The lowest BCUT2D eigenvalue weighted by molar-refractivity contribution is 0.0986. The van der Waals surface area contributed by atoms with Crippen molar-refractivity contribution in [1.82, 2.24) is 0 Å². The minimum Gasteiger partial charge on any atom is -0.496 e. The molecule has 0 radical (unpaired) electrons. The average Bonchev–Trinajstić information content (AvgIpc) is 2.37. The number of methoxy groups -OCH3 is 2. The lowest BCUT2D eigenvalue weighted by Crippen LogP contribution is -2.05. The van der Waals surface area contributed by atoms with Crippen molar-refractivity contribution in [2.75, 3.05) is 20.1 Å². The monoisotopic (exact) mass is 256 g/mol. The summed E-state index contributed by atoms with van der Waals surface area (Å²) in [6, 6.07) is 3.58. The summed E-state index contributed by atoms with van der Waals surface area (Å²) in [5.74, 6) is 1.57. The second kappa shape index (κ2) is 6.50. The molecule has 0 heterocycles. The maximum Gasteiger partial charge on any atom is 0.167 e. The number of hydrogen-bond donors (Lipinski definition) is 0. The predicted octanol–water partition coefficient (Wildman–Crippen LogP) is 3.08. The first-order chi connectivity index (χ1) is 8.17. The van der Waals surface area contributed by atoms with Gasteiger partial charge in [-0.2, -0.15) is 0 Å². The molecule has 0 amide bonds. The fraction of sp³-hybridized carbons (Fsp3) is 0.462. The van der Waals surface area contributed by atoms with Crippen LogP contribution in [0.1, 0.15) is 29.3 Å². The highest BCUT2D eigenvalue weighted by atomic mass is 35.5. The second-order valence-corrected chi connectivity index (χ2v) is 3.96. The number of halogens is 1. The van der Waals surface area contributed by atoms with E-state index in [-0.39, 0.29) is 5.78 Å². The molecule has 1 aromatic rings. The zero-order chi connectivity index (χ0) is 12.8. The van der Waals surface area contributed by atoms with Crippen LogP contribution in [0.4, 0.5) is 0 Å². The van der Waals surface area contributed by atoms with Crippen molar-refractivity contribution in [3.8, 4) is 11.5 Å². The predicted molar refractivity (Wildman–Crippen MR) is 68.6 cm³/mol. The lowest BCUT2D eigenvalue weighted by atomic mass is 10.0. The molecule has 94 valence electrons. The van der Waals surface area contributed by atoms with Crippen LogP contribution in [0.25, 0.3) is 0 Å². The van der Waals surface area contributed by atoms with Crippen LogP contribution in [0.15, 0.2) is 12.1 Å². The van der Waals surface area contributed by atoms with Crippen molar-refractivity contribution in [3.05, 3.63) is 23.3 Å². The van der Waals surface area contributed by atoms with Crippen LogP contribution in [-0.2, 0) is 6.42 Å². The van der Waals surface area contributed by atoms with E-state index < -0.39 is 0 Å². The first kappa shape index (κ1) is 13.8. The smallest absolute Gasteiger partial charge is 0.167 e. The normalized spacial score (nSPS) is 10.1. The van der Waals surface area contributed by atoms with Gasteiger partial charge in [0.1, 0.15) is 11.5 Å². The number of benzene rings is 1. The maximum atomic E-state index is 11.9. The molecule has 17 heavy (non-hydrogen) atoms.